The first-order valence-electron chi connectivity index (χ1n) is 6.62. The molecule has 0 rings (SSSR count). The van der Waals surface area contributed by atoms with Gasteiger partial charge in [-0.3, -0.25) is 4.79 Å². The van der Waals surface area contributed by atoms with Crippen LogP contribution in [0.2, 0.25) is 0 Å². The zero-order chi connectivity index (χ0) is 13.3. The van der Waals surface area contributed by atoms with Crippen LogP contribution in [-0.4, -0.2) is 48.7 Å². The Labute approximate surface area is 105 Å². The van der Waals surface area contributed by atoms with Crippen LogP contribution in [0, 0.1) is 5.92 Å². The van der Waals surface area contributed by atoms with Crippen molar-refractivity contribution < 1.29 is 9.90 Å². The number of carbonyl (C=O) groups is 1. The van der Waals surface area contributed by atoms with E-state index in [0.717, 1.165) is 32.5 Å². The molecule has 0 fully saturated rings. The third-order valence-corrected chi connectivity index (χ3v) is 2.83. The minimum atomic E-state index is -0.740. The lowest BCUT2D eigenvalue weighted by molar-refractivity contribution is -0.139. The largest absolute Gasteiger partial charge is 0.480 e. The molecule has 0 aliphatic heterocycles. The van der Waals surface area contributed by atoms with Crippen LogP contribution in [-0.2, 0) is 4.79 Å². The van der Waals surface area contributed by atoms with E-state index in [-0.39, 0.29) is 0 Å². The maximum atomic E-state index is 11.0. The molecule has 0 amide bonds. The average molecular weight is 244 g/mol. The normalized spacial score (nSPS) is 13.3. The van der Waals surface area contributed by atoms with Gasteiger partial charge in [0.1, 0.15) is 6.04 Å². The molecule has 4 heteroatoms. The Morgan fingerprint density at radius 3 is 2.35 bits per heavy atom. The average Bonchev–Trinajstić information content (AvgIpc) is 2.25. The molecule has 0 aliphatic carbocycles. The maximum absolute atomic E-state index is 11.0. The lowest BCUT2D eigenvalue weighted by atomic mass is 10.1. The summed E-state index contributed by atoms with van der Waals surface area (Å²) in [5.41, 5.74) is 0. The van der Waals surface area contributed by atoms with E-state index in [9.17, 15) is 4.79 Å². The minimum absolute atomic E-state index is 0.406. The molecule has 0 bridgehead atoms. The molecule has 0 heterocycles. The summed E-state index contributed by atoms with van der Waals surface area (Å²) in [5.74, 6) is -0.0401. The number of hydrogen-bond donors (Lipinski definition) is 2. The first-order valence-corrected chi connectivity index (χ1v) is 6.62. The van der Waals surface area contributed by atoms with Crippen LogP contribution >= 0.6 is 0 Å². The molecule has 17 heavy (non-hydrogen) atoms. The van der Waals surface area contributed by atoms with Gasteiger partial charge in [-0.1, -0.05) is 20.8 Å². The quantitative estimate of drug-likeness (QED) is 0.615. The molecule has 0 radical (unpaired) electrons. The molecular weight excluding hydrogens is 216 g/mol. The van der Waals surface area contributed by atoms with Crippen molar-refractivity contribution in [1.29, 1.82) is 0 Å². The Balaban J connectivity index is 3.82. The highest BCUT2D eigenvalue weighted by Crippen LogP contribution is 2.02. The third kappa shape index (κ3) is 9.12. The predicted molar refractivity (Wildman–Crippen MR) is 71.3 cm³/mol. The summed E-state index contributed by atoms with van der Waals surface area (Å²) in [6.07, 6.45) is 2.80. The molecular formula is C13H28N2O2. The van der Waals surface area contributed by atoms with Crippen LogP contribution in [0.5, 0.6) is 0 Å². The van der Waals surface area contributed by atoms with Gasteiger partial charge in [-0.25, -0.2) is 0 Å². The second-order valence-electron chi connectivity index (χ2n) is 5.12. The summed E-state index contributed by atoms with van der Waals surface area (Å²) in [5, 5.41) is 12.1. The van der Waals surface area contributed by atoms with Crippen molar-refractivity contribution in [2.24, 2.45) is 5.92 Å². The van der Waals surface area contributed by atoms with Gasteiger partial charge in [0.15, 0.2) is 0 Å². The van der Waals surface area contributed by atoms with Crippen LogP contribution in [0.1, 0.15) is 40.0 Å². The number of carboxylic acid groups (broad SMARTS) is 1. The van der Waals surface area contributed by atoms with E-state index in [1.54, 1.807) is 0 Å². The number of rotatable bonds is 10. The monoisotopic (exact) mass is 244 g/mol. The van der Waals surface area contributed by atoms with Gasteiger partial charge in [-0.15, -0.1) is 0 Å². The molecule has 0 aromatic rings. The van der Waals surface area contributed by atoms with Crippen molar-refractivity contribution in [3.8, 4) is 0 Å². The predicted octanol–water partition coefficient (Wildman–Crippen LogP) is 1.81. The van der Waals surface area contributed by atoms with E-state index in [1.165, 1.54) is 0 Å². The van der Waals surface area contributed by atoms with Gasteiger partial charge in [0, 0.05) is 0 Å². The molecule has 1 unspecified atom stereocenters. The fourth-order valence-electron chi connectivity index (χ4n) is 1.57. The Kier molecular flexibility index (Phi) is 9.09. The number of carboxylic acids is 1. The van der Waals surface area contributed by atoms with Crippen molar-refractivity contribution in [2.45, 2.75) is 46.1 Å². The van der Waals surface area contributed by atoms with Crippen molar-refractivity contribution >= 4 is 5.97 Å². The Bertz CT molecular complexity index is 208. The number of nitrogens with zero attached hydrogens (tertiary/aromatic N) is 1. The third-order valence-electron chi connectivity index (χ3n) is 2.83. The SMILES string of the molecule is CCCNC(CCN(C)CCC(C)C)C(=O)O. The Hall–Kier alpha value is -0.610. The van der Waals surface area contributed by atoms with Gasteiger partial charge >= 0.3 is 5.97 Å². The van der Waals surface area contributed by atoms with Crippen molar-refractivity contribution in [1.82, 2.24) is 10.2 Å². The fraction of sp³-hybridized carbons (Fsp3) is 0.923. The van der Waals surface area contributed by atoms with E-state index in [1.807, 2.05) is 6.92 Å². The molecule has 0 aromatic heterocycles. The molecule has 1 atom stereocenters. The maximum Gasteiger partial charge on any atom is 0.320 e. The van der Waals surface area contributed by atoms with E-state index in [4.69, 9.17) is 5.11 Å². The summed E-state index contributed by atoms with van der Waals surface area (Å²) in [4.78, 5) is 13.2. The van der Waals surface area contributed by atoms with E-state index >= 15 is 0 Å². The van der Waals surface area contributed by atoms with Crippen LogP contribution in [0.25, 0.3) is 0 Å². The summed E-state index contributed by atoms with van der Waals surface area (Å²) >= 11 is 0. The summed E-state index contributed by atoms with van der Waals surface area (Å²) < 4.78 is 0. The highest BCUT2D eigenvalue weighted by Gasteiger charge is 2.16. The lowest BCUT2D eigenvalue weighted by Gasteiger charge is -2.20. The smallest absolute Gasteiger partial charge is 0.320 e. The van der Waals surface area contributed by atoms with Crippen LogP contribution in [0.3, 0.4) is 0 Å². The highest BCUT2D eigenvalue weighted by molar-refractivity contribution is 5.73. The van der Waals surface area contributed by atoms with Gasteiger partial charge in [0.2, 0.25) is 0 Å². The lowest BCUT2D eigenvalue weighted by Crippen LogP contribution is -2.39. The second-order valence-corrected chi connectivity index (χ2v) is 5.12. The number of hydrogen-bond acceptors (Lipinski definition) is 3. The zero-order valence-corrected chi connectivity index (χ0v) is 11.7. The molecule has 0 saturated carbocycles. The van der Waals surface area contributed by atoms with Gasteiger partial charge in [-0.2, -0.15) is 0 Å². The first kappa shape index (κ1) is 16.4. The molecule has 0 spiro atoms. The van der Waals surface area contributed by atoms with Crippen LogP contribution < -0.4 is 5.32 Å². The minimum Gasteiger partial charge on any atom is -0.480 e. The van der Waals surface area contributed by atoms with Crippen molar-refractivity contribution in [3.05, 3.63) is 0 Å². The van der Waals surface area contributed by atoms with Gasteiger partial charge in [0.25, 0.3) is 0 Å². The van der Waals surface area contributed by atoms with Gasteiger partial charge in [-0.05, 0) is 51.9 Å². The Morgan fingerprint density at radius 2 is 1.88 bits per heavy atom. The second kappa shape index (κ2) is 9.42. The fourth-order valence-corrected chi connectivity index (χ4v) is 1.57. The summed E-state index contributed by atoms with van der Waals surface area (Å²) in [6, 6.07) is -0.406. The topological polar surface area (TPSA) is 52.6 Å². The summed E-state index contributed by atoms with van der Waals surface area (Å²) in [7, 11) is 2.06. The van der Waals surface area contributed by atoms with Crippen LogP contribution in [0.15, 0.2) is 0 Å². The molecule has 102 valence electrons. The summed E-state index contributed by atoms with van der Waals surface area (Å²) in [6.45, 7) is 9.10. The van der Waals surface area contributed by atoms with Gasteiger partial charge < -0.3 is 15.3 Å². The van der Waals surface area contributed by atoms with E-state index in [2.05, 4.69) is 31.1 Å². The molecule has 0 aliphatic rings. The Morgan fingerprint density at radius 1 is 1.29 bits per heavy atom. The standard InChI is InChI=1S/C13H28N2O2/c1-5-8-14-12(13(16)17)7-10-15(4)9-6-11(2)3/h11-12,14H,5-10H2,1-4H3,(H,16,17). The molecule has 0 saturated heterocycles. The highest BCUT2D eigenvalue weighted by atomic mass is 16.4. The number of aliphatic carboxylic acids is 1. The van der Waals surface area contributed by atoms with Crippen molar-refractivity contribution in [2.75, 3.05) is 26.7 Å². The van der Waals surface area contributed by atoms with E-state index in [0.29, 0.717) is 12.3 Å². The number of nitrogens with one attached hydrogen (secondary N) is 1. The molecule has 0 aromatic carbocycles. The molecule has 2 N–H and O–H groups in total. The van der Waals surface area contributed by atoms with E-state index < -0.39 is 12.0 Å². The molecule has 4 nitrogen and oxygen atoms in total. The zero-order valence-electron chi connectivity index (χ0n) is 11.7. The first-order chi connectivity index (χ1) is 7.97. The van der Waals surface area contributed by atoms with Gasteiger partial charge in [0.05, 0.1) is 0 Å². The van der Waals surface area contributed by atoms with Crippen molar-refractivity contribution in [3.63, 3.8) is 0 Å². The van der Waals surface area contributed by atoms with Crippen LogP contribution in [0.4, 0.5) is 0 Å².